The van der Waals surface area contributed by atoms with Crippen molar-refractivity contribution >= 4 is 17.5 Å². The number of halogens is 1. The molecule has 1 heterocycles. The third kappa shape index (κ3) is 4.20. The molecular formula is C14H18ClNO3. The van der Waals surface area contributed by atoms with Gasteiger partial charge in [0.1, 0.15) is 0 Å². The molecule has 2 unspecified atom stereocenters. The largest absolute Gasteiger partial charge is 0.394 e. The minimum Gasteiger partial charge on any atom is -0.394 e. The van der Waals surface area contributed by atoms with Crippen molar-refractivity contribution in [1.29, 1.82) is 0 Å². The Hall–Kier alpha value is -1.10. The standard InChI is InChI=1S/C14H18ClNO3/c15-11-5-3-10(4-6-11)13(9-17)16-14(18)8-12-2-1-7-19-12/h3-6,12-13,17H,1-2,7-9H2,(H,16,18). The molecule has 1 saturated heterocycles. The Labute approximate surface area is 117 Å². The van der Waals surface area contributed by atoms with Crippen molar-refractivity contribution in [2.45, 2.75) is 31.4 Å². The number of ether oxygens (including phenoxy) is 1. The molecule has 2 N–H and O–H groups in total. The minimum atomic E-state index is -0.397. The summed E-state index contributed by atoms with van der Waals surface area (Å²) < 4.78 is 5.42. The van der Waals surface area contributed by atoms with E-state index < -0.39 is 6.04 Å². The van der Waals surface area contributed by atoms with Crippen molar-refractivity contribution in [3.63, 3.8) is 0 Å². The van der Waals surface area contributed by atoms with E-state index in [2.05, 4.69) is 5.32 Å². The number of benzene rings is 1. The molecule has 2 atom stereocenters. The average molecular weight is 284 g/mol. The summed E-state index contributed by atoms with van der Waals surface area (Å²) in [6.07, 6.45) is 2.31. The van der Waals surface area contributed by atoms with Gasteiger partial charge in [0.2, 0.25) is 5.91 Å². The predicted octanol–water partition coefficient (Wildman–Crippen LogP) is 2.06. The van der Waals surface area contributed by atoms with E-state index in [4.69, 9.17) is 16.3 Å². The molecule has 1 amide bonds. The number of hydrogen-bond donors (Lipinski definition) is 2. The number of carbonyl (C=O) groups excluding carboxylic acids is 1. The van der Waals surface area contributed by atoms with Crippen molar-refractivity contribution in [1.82, 2.24) is 5.32 Å². The first-order chi connectivity index (χ1) is 9.19. The second-order valence-corrected chi connectivity index (χ2v) is 5.13. The maximum Gasteiger partial charge on any atom is 0.223 e. The molecule has 0 bridgehead atoms. The molecule has 19 heavy (non-hydrogen) atoms. The molecule has 0 radical (unpaired) electrons. The number of aliphatic hydroxyl groups excluding tert-OH is 1. The van der Waals surface area contributed by atoms with Crippen LogP contribution in [0.3, 0.4) is 0 Å². The first kappa shape index (κ1) is 14.3. The smallest absolute Gasteiger partial charge is 0.223 e. The van der Waals surface area contributed by atoms with Crippen molar-refractivity contribution in [3.05, 3.63) is 34.9 Å². The van der Waals surface area contributed by atoms with E-state index in [1.165, 1.54) is 0 Å². The zero-order valence-corrected chi connectivity index (χ0v) is 11.4. The van der Waals surface area contributed by atoms with Crippen LogP contribution in [0.25, 0.3) is 0 Å². The van der Waals surface area contributed by atoms with Crippen molar-refractivity contribution in [3.8, 4) is 0 Å². The number of hydrogen-bond acceptors (Lipinski definition) is 3. The third-order valence-electron chi connectivity index (χ3n) is 3.23. The highest BCUT2D eigenvalue weighted by Crippen LogP contribution is 2.18. The van der Waals surface area contributed by atoms with E-state index in [0.29, 0.717) is 11.4 Å². The lowest BCUT2D eigenvalue weighted by Crippen LogP contribution is -2.32. The van der Waals surface area contributed by atoms with E-state index >= 15 is 0 Å². The van der Waals surface area contributed by atoms with Crippen LogP contribution in [0.1, 0.15) is 30.9 Å². The number of nitrogens with one attached hydrogen (secondary N) is 1. The normalized spacial score (nSPS) is 20.2. The molecule has 1 aliphatic rings. The molecule has 4 nitrogen and oxygen atoms in total. The average Bonchev–Trinajstić information content (AvgIpc) is 2.90. The quantitative estimate of drug-likeness (QED) is 0.870. The third-order valence-corrected chi connectivity index (χ3v) is 3.48. The summed E-state index contributed by atoms with van der Waals surface area (Å²) in [6, 6.07) is 6.69. The summed E-state index contributed by atoms with van der Waals surface area (Å²) in [7, 11) is 0. The van der Waals surface area contributed by atoms with Crippen LogP contribution in [0.15, 0.2) is 24.3 Å². The summed E-state index contributed by atoms with van der Waals surface area (Å²) in [5.74, 6) is -0.0964. The summed E-state index contributed by atoms with van der Waals surface area (Å²) in [4.78, 5) is 11.9. The van der Waals surface area contributed by atoms with Gasteiger partial charge in [-0.2, -0.15) is 0 Å². The van der Waals surface area contributed by atoms with Crippen LogP contribution < -0.4 is 5.32 Å². The van der Waals surface area contributed by atoms with Crippen LogP contribution in [0, 0.1) is 0 Å². The van der Waals surface area contributed by atoms with Gasteiger partial charge in [-0.1, -0.05) is 23.7 Å². The lowest BCUT2D eigenvalue weighted by atomic mass is 10.1. The van der Waals surface area contributed by atoms with Crippen molar-refractivity contribution in [2.24, 2.45) is 0 Å². The molecule has 5 heteroatoms. The maximum absolute atomic E-state index is 11.9. The Morgan fingerprint density at radius 1 is 1.47 bits per heavy atom. The molecule has 1 aromatic rings. The molecule has 0 saturated carbocycles. The molecule has 1 aromatic carbocycles. The van der Waals surface area contributed by atoms with Gasteiger partial charge in [0, 0.05) is 11.6 Å². The summed E-state index contributed by atoms with van der Waals surface area (Å²) in [5, 5.41) is 12.8. The summed E-state index contributed by atoms with van der Waals surface area (Å²) in [5.41, 5.74) is 0.840. The Morgan fingerprint density at radius 3 is 2.79 bits per heavy atom. The molecule has 104 valence electrons. The number of aliphatic hydroxyl groups is 1. The second kappa shape index (κ2) is 6.89. The van der Waals surface area contributed by atoms with Gasteiger partial charge in [-0.3, -0.25) is 4.79 Å². The Morgan fingerprint density at radius 2 is 2.21 bits per heavy atom. The Kier molecular flexibility index (Phi) is 5.19. The van der Waals surface area contributed by atoms with Gasteiger partial charge >= 0.3 is 0 Å². The van der Waals surface area contributed by atoms with Gasteiger partial charge in [0.05, 0.1) is 25.2 Å². The van der Waals surface area contributed by atoms with E-state index in [1.807, 2.05) is 0 Å². The molecule has 0 spiro atoms. The zero-order chi connectivity index (χ0) is 13.7. The fourth-order valence-electron chi connectivity index (χ4n) is 2.19. The number of amides is 1. The van der Waals surface area contributed by atoms with Crippen LogP contribution in [0.4, 0.5) is 0 Å². The first-order valence-corrected chi connectivity index (χ1v) is 6.84. The second-order valence-electron chi connectivity index (χ2n) is 4.69. The Bertz CT molecular complexity index is 415. The molecule has 0 aliphatic carbocycles. The fourth-order valence-corrected chi connectivity index (χ4v) is 2.32. The highest BCUT2D eigenvalue weighted by atomic mass is 35.5. The molecule has 2 rings (SSSR count). The van der Waals surface area contributed by atoms with Gasteiger partial charge in [-0.25, -0.2) is 0 Å². The number of carbonyl (C=O) groups is 1. The number of rotatable bonds is 5. The zero-order valence-electron chi connectivity index (χ0n) is 10.6. The van der Waals surface area contributed by atoms with Crippen molar-refractivity contribution in [2.75, 3.05) is 13.2 Å². The van der Waals surface area contributed by atoms with Gasteiger partial charge in [0.25, 0.3) is 0 Å². The molecular weight excluding hydrogens is 266 g/mol. The summed E-state index contributed by atoms with van der Waals surface area (Å²) >= 11 is 5.81. The van der Waals surface area contributed by atoms with Crippen LogP contribution in [-0.4, -0.2) is 30.3 Å². The van der Waals surface area contributed by atoms with Gasteiger partial charge < -0.3 is 15.2 Å². The molecule has 1 aliphatic heterocycles. The lowest BCUT2D eigenvalue weighted by molar-refractivity contribution is -0.124. The fraction of sp³-hybridized carbons (Fsp3) is 0.500. The van der Waals surface area contributed by atoms with Crippen molar-refractivity contribution < 1.29 is 14.6 Å². The summed E-state index contributed by atoms with van der Waals surface area (Å²) in [6.45, 7) is 0.595. The van der Waals surface area contributed by atoms with E-state index in [1.54, 1.807) is 24.3 Å². The predicted molar refractivity (Wildman–Crippen MR) is 73.0 cm³/mol. The van der Waals surface area contributed by atoms with Gasteiger partial charge in [0.15, 0.2) is 0 Å². The van der Waals surface area contributed by atoms with Crippen LogP contribution in [-0.2, 0) is 9.53 Å². The van der Waals surface area contributed by atoms with E-state index in [9.17, 15) is 9.90 Å². The Balaban J connectivity index is 1.90. The molecule has 0 aromatic heterocycles. The highest BCUT2D eigenvalue weighted by molar-refractivity contribution is 6.30. The SMILES string of the molecule is O=C(CC1CCCO1)NC(CO)c1ccc(Cl)cc1. The lowest BCUT2D eigenvalue weighted by Gasteiger charge is -2.18. The van der Waals surface area contributed by atoms with E-state index in [-0.39, 0.29) is 18.6 Å². The van der Waals surface area contributed by atoms with E-state index in [0.717, 1.165) is 25.0 Å². The van der Waals surface area contributed by atoms with Gasteiger partial charge in [-0.15, -0.1) is 0 Å². The van der Waals surface area contributed by atoms with Gasteiger partial charge in [-0.05, 0) is 30.5 Å². The van der Waals surface area contributed by atoms with Crippen LogP contribution >= 0.6 is 11.6 Å². The van der Waals surface area contributed by atoms with Crippen LogP contribution in [0.2, 0.25) is 5.02 Å². The minimum absolute atomic E-state index is 0.0181. The van der Waals surface area contributed by atoms with Crippen LogP contribution in [0.5, 0.6) is 0 Å². The highest BCUT2D eigenvalue weighted by Gasteiger charge is 2.21. The molecule has 1 fully saturated rings. The monoisotopic (exact) mass is 283 g/mol. The maximum atomic E-state index is 11.9. The first-order valence-electron chi connectivity index (χ1n) is 6.46. The topological polar surface area (TPSA) is 58.6 Å².